The maximum absolute atomic E-state index is 13.1. The number of carbonyl (C=O) groups is 3. The Labute approximate surface area is 167 Å². The summed E-state index contributed by atoms with van der Waals surface area (Å²) in [5, 5.41) is 13.1. The summed E-state index contributed by atoms with van der Waals surface area (Å²) < 4.78 is 22.8. The number of carboxylic acid groups (broad SMARTS) is 1. The minimum absolute atomic E-state index is 0.0713. The van der Waals surface area contributed by atoms with Gasteiger partial charge in [-0.25, -0.2) is 14.0 Å². The van der Waals surface area contributed by atoms with Crippen molar-refractivity contribution in [3.8, 4) is 17.3 Å². The summed E-state index contributed by atoms with van der Waals surface area (Å²) in [7, 11) is 0. The first kappa shape index (κ1) is 19.9. The van der Waals surface area contributed by atoms with Gasteiger partial charge in [0.15, 0.2) is 0 Å². The van der Waals surface area contributed by atoms with Gasteiger partial charge in [0.05, 0.1) is 16.3 Å². The van der Waals surface area contributed by atoms with E-state index >= 15 is 0 Å². The summed E-state index contributed by atoms with van der Waals surface area (Å²) in [6.07, 6.45) is -1.53. The maximum atomic E-state index is 13.1. The predicted molar refractivity (Wildman–Crippen MR) is 101 cm³/mol. The van der Waals surface area contributed by atoms with Crippen LogP contribution in [-0.4, -0.2) is 23.2 Å². The van der Waals surface area contributed by atoms with E-state index in [9.17, 15) is 18.8 Å². The van der Waals surface area contributed by atoms with Crippen LogP contribution in [-0.2, 0) is 0 Å². The SMILES string of the molecule is O=C(NC(=O)c1ccc(F)cc1Cl)Nc1ccccc1-c1ccc(OC(=O)O)o1. The minimum Gasteiger partial charge on any atom is -0.449 e. The minimum atomic E-state index is -1.53. The van der Waals surface area contributed by atoms with Gasteiger partial charge in [-0.2, -0.15) is 0 Å². The number of carbonyl (C=O) groups excluding carboxylic acids is 2. The van der Waals surface area contributed by atoms with Crippen LogP contribution in [0.1, 0.15) is 10.4 Å². The Hall–Kier alpha value is -3.85. The molecule has 3 N–H and O–H groups in total. The molecule has 0 aliphatic heterocycles. The summed E-state index contributed by atoms with van der Waals surface area (Å²) in [4.78, 5) is 35.0. The number of anilines is 1. The number of para-hydroxylation sites is 1. The first-order valence-corrected chi connectivity index (χ1v) is 8.38. The molecule has 0 spiro atoms. The van der Waals surface area contributed by atoms with Crippen LogP contribution in [0.5, 0.6) is 5.95 Å². The van der Waals surface area contributed by atoms with E-state index in [0.29, 0.717) is 5.56 Å². The van der Waals surface area contributed by atoms with E-state index in [1.807, 2.05) is 0 Å². The van der Waals surface area contributed by atoms with Crippen molar-refractivity contribution in [2.75, 3.05) is 5.32 Å². The topological polar surface area (TPSA) is 118 Å². The number of ether oxygens (including phenoxy) is 1. The van der Waals surface area contributed by atoms with Gasteiger partial charge < -0.3 is 19.6 Å². The van der Waals surface area contributed by atoms with Gasteiger partial charge in [-0.05, 0) is 36.4 Å². The zero-order chi connectivity index (χ0) is 21.0. The summed E-state index contributed by atoms with van der Waals surface area (Å²) in [6.45, 7) is 0. The van der Waals surface area contributed by atoms with Gasteiger partial charge >= 0.3 is 12.2 Å². The molecule has 2 aromatic carbocycles. The number of halogens is 2. The molecule has 0 fully saturated rings. The molecule has 1 heterocycles. The second kappa shape index (κ2) is 8.44. The molecule has 0 atom stereocenters. The Bertz CT molecular complexity index is 1100. The first-order chi connectivity index (χ1) is 13.8. The van der Waals surface area contributed by atoms with E-state index in [4.69, 9.17) is 21.1 Å². The van der Waals surface area contributed by atoms with E-state index < -0.39 is 23.9 Å². The van der Waals surface area contributed by atoms with Crippen molar-refractivity contribution in [2.45, 2.75) is 0 Å². The lowest BCUT2D eigenvalue weighted by Gasteiger charge is -2.10. The van der Waals surface area contributed by atoms with E-state index in [1.165, 1.54) is 12.1 Å². The van der Waals surface area contributed by atoms with Crippen LogP contribution in [0.2, 0.25) is 5.02 Å². The van der Waals surface area contributed by atoms with Gasteiger partial charge in [-0.3, -0.25) is 10.1 Å². The van der Waals surface area contributed by atoms with Gasteiger partial charge in [-0.15, -0.1) is 0 Å². The number of hydrogen-bond acceptors (Lipinski definition) is 5. The van der Waals surface area contributed by atoms with Crippen molar-refractivity contribution in [2.24, 2.45) is 0 Å². The van der Waals surface area contributed by atoms with Crippen LogP contribution in [0.15, 0.2) is 59.0 Å². The third-order valence-corrected chi connectivity index (χ3v) is 3.93. The molecule has 10 heteroatoms. The van der Waals surface area contributed by atoms with Crippen molar-refractivity contribution in [1.82, 2.24) is 5.32 Å². The molecule has 0 aliphatic carbocycles. The maximum Gasteiger partial charge on any atom is 0.513 e. The Morgan fingerprint density at radius 2 is 1.83 bits per heavy atom. The highest BCUT2D eigenvalue weighted by Gasteiger charge is 2.17. The summed E-state index contributed by atoms with van der Waals surface area (Å²) in [5.41, 5.74) is 0.618. The van der Waals surface area contributed by atoms with Crippen LogP contribution in [0.25, 0.3) is 11.3 Å². The lowest BCUT2D eigenvalue weighted by molar-refractivity contribution is 0.0967. The number of amides is 3. The fourth-order valence-corrected chi connectivity index (χ4v) is 2.66. The summed E-state index contributed by atoms with van der Waals surface area (Å²) in [6, 6.07) is 11.5. The smallest absolute Gasteiger partial charge is 0.449 e. The zero-order valence-corrected chi connectivity index (χ0v) is 15.2. The Morgan fingerprint density at radius 1 is 1.07 bits per heavy atom. The lowest BCUT2D eigenvalue weighted by atomic mass is 10.1. The van der Waals surface area contributed by atoms with Crippen molar-refractivity contribution >= 4 is 35.4 Å². The van der Waals surface area contributed by atoms with E-state index in [1.54, 1.807) is 24.3 Å². The van der Waals surface area contributed by atoms with Crippen molar-refractivity contribution in [3.05, 3.63) is 71.0 Å². The second-order valence-electron chi connectivity index (χ2n) is 5.56. The second-order valence-corrected chi connectivity index (χ2v) is 5.97. The number of rotatable bonds is 4. The zero-order valence-electron chi connectivity index (χ0n) is 14.4. The van der Waals surface area contributed by atoms with Gasteiger partial charge in [0.25, 0.3) is 11.9 Å². The standard InChI is InChI=1S/C19H12ClFN2O6/c20-13-9-10(21)5-6-11(13)17(24)23-18(25)22-14-4-2-1-3-12(14)15-7-8-16(28-15)29-19(26)27/h1-9H,(H,26,27)(H2,22,23,24,25). The molecule has 0 saturated carbocycles. The molecular formula is C19H12ClFN2O6. The summed E-state index contributed by atoms with van der Waals surface area (Å²) in [5.74, 6) is -1.45. The monoisotopic (exact) mass is 418 g/mol. The molecule has 0 aliphatic rings. The largest absolute Gasteiger partial charge is 0.513 e. The summed E-state index contributed by atoms with van der Waals surface area (Å²) >= 11 is 5.81. The normalized spacial score (nSPS) is 10.3. The van der Waals surface area contributed by atoms with Crippen LogP contribution in [0, 0.1) is 5.82 Å². The Morgan fingerprint density at radius 3 is 2.55 bits per heavy atom. The highest BCUT2D eigenvalue weighted by molar-refractivity contribution is 6.34. The molecule has 0 unspecified atom stereocenters. The van der Waals surface area contributed by atoms with Crippen LogP contribution in [0.3, 0.4) is 0 Å². The number of furan rings is 1. The molecular weight excluding hydrogens is 407 g/mol. The molecule has 0 bridgehead atoms. The van der Waals surface area contributed by atoms with Crippen molar-refractivity contribution in [3.63, 3.8) is 0 Å². The highest BCUT2D eigenvalue weighted by atomic mass is 35.5. The lowest BCUT2D eigenvalue weighted by Crippen LogP contribution is -2.34. The molecule has 29 heavy (non-hydrogen) atoms. The quantitative estimate of drug-likeness (QED) is 0.526. The molecule has 1 aromatic heterocycles. The van der Waals surface area contributed by atoms with Gasteiger partial charge in [0.1, 0.15) is 11.6 Å². The molecule has 3 amide bonds. The molecule has 148 valence electrons. The molecule has 0 saturated heterocycles. The van der Waals surface area contributed by atoms with Crippen LogP contribution >= 0.6 is 11.6 Å². The molecule has 0 radical (unpaired) electrons. The van der Waals surface area contributed by atoms with Gasteiger partial charge in [-0.1, -0.05) is 23.7 Å². The Balaban J connectivity index is 1.75. The van der Waals surface area contributed by atoms with Gasteiger partial charge in [0.2, 0.25) is 0 Å². The number of benzene rings is 2. The predicted octanol–water partition coefficient (Wildman–Crippen LogP) is 4.76. The third-order valence-electron chi connectivity index (χ3n) is 3.61. The van der Waals surface area contributed by atoms with E-state index in [0.717, 1.165) is 18.2 Å². The van der Waals surface area contributed by atoms with Crippen LogP contribution in [0.4, 0.5) is 19.7 Å². The molecule has 8 nitrogen and oxygen atoms in total. The number of imide groups is 1. The molecule has 3 aromatic rings. The van der Waals surface area contributed by atoms with Gasteiger partial charge in [0, 0.05) is 11.6 Å². The fourth-order valence-electron chi connectivity index (χ4n) is 2.41. The molecule has 3 rings (SSSR count). The fraction of sp³-hybridized carbons (Fsp3) is 0. The highest BCUT2D eigenvalue weighted by Crippen LogP contribution is 2.31. The third kappa shape index (κ3) is 4.90. The average molecular weight is 419 g/mol. The number of hydrogen-bond donors (Lipinski definition) is 3. The van der Waals surface area contributed by atoms with Crippen molar-refractivity contribution < 1.29 is 33.0 Å². The number of nitrogens with one attached hydrogen (secondary N) is 2. The van der Waals surface area contributed by atoms with Crippen LogP contribution < -0.4 is 15.4 Å². The average Bonchev–Trinajstić information content (AvgIpc) is 3.09. The number of urea groups is 1. The first-order valence-electron chi connectivity index (χ1n) is 8.01. The van der Waals surface area contributed by atoms with E-state index in [-0.39, 0.29) is 28.0 Å². The van der Waals surface area contributed by atoms with E-state index in [2.05, 4.69) is 15.4 Å². The Kier molecular flexibility index (Phi) is 5.79. The van der Waals surface area contributed by atoms with Crippen molar-refractivity contribution in [1.29, 1.82) is 0 Å².